The molecule has 0 bridgehead atoms. The van der Waals surface area contributed by atoms with Crippen molar-refractivity contribution in [3.63, 3.8) is 0 Å². The van der Waals surface area contributed by atoms with E-state index in [4.69, 9.17) is 10.3 Å². The molecule has 0 spiro atoms. The van der Waals surface area contributed by atoms with E-state index in [-0.39, 0.29) is 5.88 Å². The Hall–Kier alpha value is -2.64. The van der Waals surface area contributed by atoms with Crippen LogP contribution >= 0.6 is 0 Å². The number of nitrogens with two attached hydrogens (primary N) is 1. The molecule has 23 heavy (non-hydrogen) atoms. The number of hydrogen-bond donors (Lipinski definition) is 4. The molecule has 0 aliphatic carbocycles. The van der Waals surface area contributed by atoms with E-state index < -0.39 is 17.0 Å². The number of fused-ring (bicyclic) bond motifs is 1. The monoisotopic (exact) mass is 329 g/mol. The summed E-state index contributed by atoms with van der Waals surface area (Å²) in [5.74, 6) is -0.511. The third kappa shape index (κ3) is 3.25. The zero-order chi connectivity index (χ0) is 16.4. The third-order valence-corrected chi connectivity index (χ3v) is 3.93. The zero-order valence-corrected chi connectivity index (χ0v) is 12.9. The van der Waals surface area contributed by atoms with Crippen molar-refractivity contribution in [3.05, 3.63) is 54.2 Å². The summed E-state index contributed by atoms with van der Waals surface area (Å²) in [5, 5.41) is 3.76. The average molecular weight is 329 g/mol. The smallest absolute Gasteiger partial charge is 0.250 e. The molecule has 1 heterocycles. The molecule has 0 saturated carbocycles. The van der Waals surface area contributed by atoms with E-state index in [1.165, 1.54) is 0 Å². The first-order valence-electron chi connectivity index (χ1n) is 6.87. The summed E-state index contributed by atoms with van der Waals surface area (Å²) >= 11 is -1.89. The van der Waals surface area contributed by atoms with Crippen LogP contribution in [-0.2, 0) is 11.1 Å². The van der Waals surface area contributed by atoms with Gasteiger partial charge in [-0.1, -0.05) is 12.1 Å². The molecule has 0 radical (unpaired) electrons. The molecule has 0 aliphatic heterocycles. The minimum atomic E-state index is -1.89. The number of benzene rings is 2. The minimum Gasteiger partial charge on any atom is -0.372 e. The van der Waals surface area contributed by atoms with Crippen molar-refractivity contribution in [2.45, 2.75) is 0 Å². The van der Waals surface area contributed by atoms with Gasteiger partial charge in [-0.15, -0.1) is 0 Å². The fourth-order valence-corrected chi connectivity index (χ4v) is 2.75. The van der Waals surface area contributed by atoms with Gasteiger partial charge in [-0.25, -0.2) is 4.21 Å². The van der Waals surface area contributed by atoms with Gasteiger partial charge in [-0.05, 0) is 41.5 Å². The average Bonchev–Trinajstić information content (AvgIpc) is 3.00. The number of aromatic amines is 1. The molecule has 118 valence electrons. The Morgan fingerprint density at radius 1 is 1.17 bits per heavy atom. The minimum absolute atomic E-state index is 0.0273. The van der Waals surface area contributed by atoms with Crippen molar-refractivity contribution in [1.29, 1.82) is 0 Å². The molecule has 2 aromatic carbocycles. The summed E-state index contributed by atoms with van der Waals surface area (Å²) in [4.78, 5) is 14.7. The van der Waals surface area contributed by atoms with Gasteiger partial charge in [0.2, 0.25) is 0 Å². The maximum Gasteiger partial charge on any atom is 0.250 e. The zero-order valence-electron chi connectivity index (χ0n) is 12.1. The van der Waals surface area contributed by atoms with Gasteiger partial charge >= 0.3 is 0 Å². The summed E-state index contributed by atoms with van der Waals surface area (Å²) in [6.45, 7) is 0. The first kappa shape index (κ1) is 15.3. The lowest BCUT2D eigenvalue weighted by atomic mass is 10.00. The lowest BCUT2D eigenvalue weighted by Crippen LogP contribution is -2.11. The summed E-state index contributed by atoms with van der Waals surface area (Å²) in [5.41, 5.74) is 9.17. The van der Waals surface area contributed by atoms with Crippen LogP contribution < -0.4 is 11.1 Å². The molecular weight excluding hydrogens is 314 g/mol. The topological polar surface area (TPSA) is 108 Å². The van der Waals surface area contributed by atoms with Crippen LogP contribution in [0.4, 0.5) is 5.69 Å². The molecule has 3 rings (SSSR count). The molecule has 1 unspecified atom stereocenters. The largest absolute Gasteiger partial charge is 0.372 e. The van der Waals surface area contributed by atoms with Crippen LogP contribution in [0.5, 0.6) is 0 Å². The summed E-state index contributed by atoms with van der Waals surface area (Å²) in [7, 11) is 0. The van der Waals surface area contributed by atoms with Crippen LogP contribution in [0.2, 0.25) is 0 Å². The quantitative estimate of drug-likeness (QED) is 0.539. The molecule has 0 saturated heterocycles. The Morgan fingerprint density at radius 3 is 2.57 bits per heavy atom. The summed E-state index contributed by atoms with van der Waals surface area (Å²) < 4.78 is 19.4. The Morgan fingerprint density at radius 2 is 1.91 bits per heavy atom. The van der Waals surface area contributed by atoms with E-state index >= 15 is 0 Å². The number of hydrogen-bond acceptors (Lipinski definition) is 3. The highest BCUT2D eigenvalue weighted by molar-refractivity contribution is 7.79. The molecule has 3 aromatic rings. The number of primary amides is 1. The number of H-pyrrole nitrogens is 1. The molecule has 6 nitrogen and oxygen atoms in total. The number of carbonyl (C=O) groups excluding carboxylic acids is 1. The maximum atomic E-state index is 11.6. The van der Waals surface area contributed by atoms with Gasteiger partial charge in [-0.2, -0.15) is 0 Å². The van der Waals surface area contributed by atoms with E-state index in [0.717, 1.165) is 27.7 Å². The highest BCUT2D eigenvalue weighted by atomic mass is 32.2. The van der Waals surface area contributed by atoms with Gasteiger partial charge in [0.15, 0.2) is 11.1 Å². The van der Waals surface area contributed by atoms with E-state index in [2.05, 4.69) is 10.3 Å². The van der Waals surface area contributed by atoms with Gasteiger partial charge < -0.3 is 20.6 Å². The van der Waals surface area contributed by atoms with Crippen LogP contribution in [0.1, 0.15) is 10.4 Å². The lowest BCUT2D eigenvalue weighted by molar-refractivity contribution is 0.100. The molecule has 0 fully saturated rings. The lowest BCUT2D eigenvalue weighted by Gasteiger charge is -2.08. The Balaban J connectivity index is 1.96. The van der Waals surface area contributed by atoms with Gasteiger partial charge in [-0.3, -0.25) is 4.79 Å². The fourth-order valence-electron chi connectivity index (χ4n) is 2.46. The molecule has 1 aromatic heterocycles. The normalized spacial score (nSPS) is 12.2. The van der Waals surface area contributed by atoms with Gasteiger partial charge in [0.1, 0.15) is 5.88 Å². The van der Waals surface area contributed by atoms with Crippen LogP contribution in [-0.4, -0.2) is 25.5 Å². The first-order chi connectivity index (χ1) is 11.0. The van der Waals surface area contributed by atoms with Crippen molar-refractivity contribution >= 4 is 33.6 Å². The van der Waals surface area contributed by atoms with E-state index in [1.54, 1.807) is 12.3 Å². The summed E-state index contributed by atoms with van der Waals surface area (Å²) in [6.07, 6.45) is 1.77. The number of amides is 1. The third-order valence-electron chi connectivity index (χ3n) is 3.54. The van der Waals surface area contributed by atoms with Crippen molar-refractivity contribution in [1.82, 2.24) is 4.98 Å². The standard InChI is InChI=1S/C16H15N3O3S/c17-16(20)14-8-12(7-11-5-6-18-15(11)14)10-1-3-13(4-2-10)19-9-23(21)22/h1-8,18-19H,9H2,(H2,17,20)(H,21,22). The Labute approximate surface area is 135 Å². The van der Waals surface area contributed by atoms with Gasteiger partial charge in [0, 0.05) is 17.3 Å². The van der Waals surface area contributed by atoms with Crippen molar-refractivity contribution in [2.75, 3.05) is 11.2 Å². The predicted octanol–water partition coefficient (Wildman–Crippen LogP) is 2.52. The van der Waals surface area contributed by atoms with Crippen LogP contribution in [0.25, 0.3) is 22.0 Å². The van der Waals surface area contributed by atoms with Gasteiger partial charge in [0.25, 0.3) is 5.91 Å². The van der Waals surface area contributed by atoms with E-state index in [1.807, 2.05) is 36.4 Å². The number of anilines is 1. The molecule has 1 amide bonds. The van der Waals surface area contributed by atoms with Gasteiger partial charge in [0.05, 0.1) is 11.1 Å². The van der Waals surface area contributed by atoms with Crippen LogP contribution in [0.3, 0.4) is 0 Å². The number of rotatable bonds is 5. The van der Waals surface area contributed by atoms with Crippen LogP contribution in [0.15, 0.2) is 48.7 Å². The Bertz CT molecular complexity index is 887. The predicted molar refractivity (Wildman–Crippen MR) is 91.5 cm³/mol. The second-order valence-corrected chi connectivity index (χ2v) is 5.98. The summed E-state index contributed by atoms with van der Waals surface area (Å²) in [6, 6.07) is 13.0. The molecule has 7 heteroatoms. The highest BCUT2D eigenvalue weighted by Crippen LogP contribution is 2.28. The molecule has 5 N–H and O–H groups in total. The SMILES string of the molecule is NC(=O)c1cc(-c2ccc(NCS(=O)O)cc2)cc2cc[nH]c12. The van der Waals surface area contributed by atoms with Crippen molar-refractivity contribution < 1.29 is 13.6 Å². The Kier molecular flexibility index (Phi) is 4.14. The fraction of sp³-hybridized carbons (Fsp3) is 0.0625. The molecule has 0 aliphatic rings. The van der Waals surface area contributed by atoms with E-state index in [9.17, 15) is 9.00 Å². The number of aromatic nitrogens is 1. The second-order valence-electron chi connectivity index (χ2n) is 5.05. The van der Waals surface area contributed by atoms with Crippen molar-refractivity contribution in [3.8, 4) is 11.1 Å². The second kappa shape index (κ2) is 6.23. The highest BCUT2D eigenvalue weighted by Gasteiger charge is 2.11. The maximum absolute atomic E-state index is 11.6. The number of carbonyl (C=O) groups is 1. The molecule has 1 atom stereocenters. The van der Waals surface area contributed by atoms with Crippen molar-refractivity contribution in [2.24, 2.45) is 5.73 Å². The molecular formula is C16H15N3O3S. The number of nitrogens with one attached hydrogen (secondary N) is 2. The van der Waals surface area contributed by atoms with Crippen LogP contribution in [0, 0.1) is 0 Å². The first-order valence-corrected chi connectivity index (χ1v) is 8.15. The van der Waals surface area contributed by atoms with E-state index in [0.29, 0.717) is 5.56 Å².